The van der Waals surface area contributed by atoms with Crippen LogP contribution in [0.4, 0.5) is 15.3 Å². The Morgan fingerprint density at radius 2 is 1.36 bits per heavy atom. The maximum absolute atomic E-state index is 14.9. The summed E-state index contributed by atoms with van der Waals surface area (Å²) in [4.78, 5) is 173. The smallest absolute Gasteiger partial charge is 0.408 e. The van der Waals surface area contributed by atoms with Crippen molar-refractivity contribution in [2.75, 3.05) is 52.8 Å². The van der Waals surface area contributed by atoms with Gasteiger partial charge >= 0.3 is 12.1 Å². The van der Waals surface area contributed by atoms with Gasteiger partial charge in [-0.2, -0.15) is 0 Å². The Morgan fingerprint density at radius 1 is 0.735 bits per heavy atom. The largest absolute Gasteiger partial charge is 0.445 e. The molecule has 2 aromatic carbocycles. The lowest BCUT2D eigenvalue weighted by atomic mass is 9.83. The van der Waals surface area contributed by atoms with E-state index in [4.69, 9.17) is 19.9 Å². The number of aliphatic hydroxyl groups is 2. The number of nitrogens with zero attached hydrogens (tertiary/aromatic N) is 3. The number of anilines is 1. The molecular formula is C85H136N10O17S. The van der Waals surface area contributed by atoms with Gasteiger partial charge in [-0.05, 0) is 127 Å². The van der Waals surface area contributed by atoms with Crippen LogP contribution < -0.4 is 37.6 Å². The van der Waals surface area contributed by atoms with Crippen LogP contribution in [-0.2, 0) is 75.2 Å². The molecule has 1 saturated heterocycles. The van der Waals surface area contributed by atoms with Crippen molar-refractivity contribution in [1.82, 2.24) is 41.4 Å². The van der Waals surface area contributed by atoms with Crippen LogP contribution in [0.15, 0.2) is 66.2 Å². The van der Waals surface area contributed by atoms with E-state index in [9.17, 15) is 67.7 Å². The van der Waals surface area contributed by atoms with E-state index in [1.54, 1.807) is 68.3 Å². The number of hydrogen-bond donors (Lipinski definition) is 9. The minimum atomic E-state index is -1.74. The highest BCUT2D eigenvalue weighted by atomic mass is 32.1. The third-order valence-electron chi connectivity index (χ3n) is 21.3. The number of nitrogens with two attached hydrogens (primary N) is 1. The van der Waals surface area contributed by atoms with Crippen molar-refractivity contribution in [2.45, 2.75) is 280 Å². The number of unbranched alkanes of at least 4 members (excludes halogenated alkanes) is 1. The number of methoxy groups -OCH3 is 2. The molecular weight excluding hydrogens is 1470 g/mol. The maximum atomic E-state index is 14.9. The van der Waals surface area contributed by atoms with Crippen LogP contribution in [0.1, 0.15) is 230 Å². The van der Waals surface area contributed by atoms with Crippen molar-refractivity contribution in [1.29, 1.82) is 0 Å². The highest BCUT2D eigenvalue weighted by Crippen LogP contribution is 2.35. The topological polar surface area (TPSA) is 391 Å². The zero-order valence-electron chi connectivity index (χ0n) is 69.7. The molecule has 1 aliphatic heterocycles. The molecule has 27 nitrogen and oxygen atoms in total. The fourth-order valence-corrected chi connectivity index (χ4v) is 15.2. The van der Waals surface area contributed by atoms with Crippen LogP contribution in [0.2, 0.25) is 0 Å². The summed E-state index contributed by atoms with van der Waals surface area (Å²) < 4.78 is 17.9. The zero-order chi connectivity index (χ0) is 84.0. The van der Waals surface area contributed by atoms with Crippen LogP contribution in [0.25, 0.3) is 0 Å². The SMILES string of the molecule is C.CC[C@H](C)[C@@H]([C@@H](CC(=O)N1CCC[C@H]1[C@H](OC)[C@@H](C)C(=O)C[C@@H](Cc1ccccc1)c1nccs1)OC)N(C)C(=O)[C@@H](CC(=O)C(C)(C)NC(=O)OCc1ccc(NC(=O)[C@H](CCCNC(N)=O)CC(=O)[C@@H](NC(=O)[C@H](CCCCNC(=O)CC[C@@H](NC(C)(C)C)C(=O)C(C)(C)C)CC(=O)[C@@H](O)CO)C(C)C)cc1)C(C)C. The molecule has 1 fully saturated rings. The standard InChI is InChI=1S/C84H132N10O17S.CH4/c1-19-53(6)73(68(109-17)48-71(102)94-41-26-31-63(94)74(110-18)54(7)64(96)46-59(78-87-40-42-112-78)43-55-27-21-20-22-28-55)93(16)79(106)61(51(2)3)47-69(100)84(14,15)92-81(108)111-50-56-32-34-60(35-33-56)89-76(104)58(30-25-39-88-80(85)107)45-66(98)72(52(4)5)90-77(105)57(44-65(97)67(99)49-95)29-23-24-38-86-70(101)37-36-62(91-83(11,12)13)75(103)82(8,9)10;/h20-22,27-28,32-35,40,42,51-54,57-59,61-63,67-68,72-74,91,95,99H,19,23-26,29-31,36-39,41,43-50H2,1-18H3,(H,86,101)(H,89,104)(H,90,105)(H,92,108)(H3,85,88,107);1H4/t53-,54-,57+,58+,59+,61-,62+,63-,67-,68+,72-,73-,74+;/m0./s1. The Kier molecular flexibility index (Phi) is 42.0. The molecule has 2 heterocycles. The number of thiazole rings is 1. The highest BCUT2D eigenvalue weighted by molar-refractivity contribution is 7.09. The Morgan fingerprint density at radius 3 is 1.93 bits per heavy atom. The molecule has 1 aliphatic rings. The second-order valence-electron chi connectivity index (χ2n) is 33.5. The number of carbonyl (C=O) groups is 12. The highest BCUT2D eigenvalue weighted by Gasteiger charge is 2.45. The number of primary amides is 1. The zero-order valence-corrected chi connectivity index (χ0v) is 70.5. The molecule has 0 bridgehead atoms. The monoisotopic (exact) mass is 1600 g/mol. The predicted octanol–water partition coefficient (Wildman–Crippen LogP) is 10.4. The number of carbonyl (C=O) groups excluding carboxylic acids is 12. The van der Waals surface area contributed by atoms with E-state index in [1.165, 1.54) is 32.3 Å². The van der Waals surface area contributed by atoms with E-state index in [0.29, 0.717) is 56.3 Å². The fourth-order valence-electron chi connectivity index (χ4n) is 14.5. The minimum absolute atomic E-state index is 0. The van der Waals surface area contributed by atoms with Gasteiger partial charge in [0.2, 0.25) is 29.5 Å². The molecule has 4 rings (SSSR count). The summed E-state index contributed by atoms with van der Waals surface area (Å²) in [5.41, 5.74) is 4.74. The number of ketones is 5. The number of urea groups is 1. The molecule has 13 atom stereocenters. The Labute approximate surface area is 675 Å². The number of rotatable bonds is 50. The van der Waals surface area contributed by atoms with Gasteiger partial charge in [-0.25, -0.2) is 14.6 Å². The average molecular weight is 1600 g/mol. The number of hydrogen-bond acceptors (Lipinski definition) is 20. The fraction of sp³-hybridized carbons (Fsp3) is 0.682. The number of likely N-dealkylation sites (N-methyl/N-ethyl adjacent to an activating group) is 1. The molecule has 1 aromatic heterocycles. The number of aromatic nitrogens is 1. The van der Waals surface area contributed by atoms with E-state index < -0.39 is 131 Å². The summed E-state index contributed by atoms with van der Waals surface area (Å²) >= 11 is 1.53. The van der Waals surface area contributed by atoms with Crippen LogP contribution in [0.3, 0.4) is 0 Å². The molecule has 10 N–H and O–H groups in total. The molecule has 634 valence electrons. The molecule has 0 unspecified atom stereocenters. The number of amides is 8. The van der Waals surface area contributed by atoms with Crippen molar-refractivity contribution in [3.63, 3.8) is 0 Å². The molecule has 8 amide bonds. The van der Waals surface area contributed by atoms with Gasteiger partial charge in [-0.1, -0.05) is 132 Å². The maximum Gasteiger partial charge on any atom is 0.408 e. The minimum Gasteiger partial charge on any atom is -0.445 e. The lowest BCUT2D eigenvalue weighted by Gasteiger charge is -2.41. The number of benzene rings is 2. The first-order chi connectivity index (χ1) is 52.6. The summed E-state index contributed by atoms with van der Waals surface area (Å²) in [5, 5.41) is 39.5. The van der Waals surface area contributed by atoms with Crippen molar-refractivity contribution < 1.29 is 82.0 Å². The van der Waals surface area contributed by atoms with E-state index in [1.807, 2.05) is 112 Å². The lowest BCUT2D eigenvalue weighted by Crippen LogP contribution is -2.55. The first kappa shape index (κ1) is 99.3. The first-order valence-corrected chi connectivity index (χ1v) is 40.7. The van der Waals surface area contributed by atoms with Gasteiger partial charge < -0.3 is 71.9 Å². The second kappa shape index (κ2) is 47.8. The van der Waals surface area contributed by atoms with E-state index >= 15 is 0 Å². The lowest BCUT2D eigenvalue weighted by molar-refractivity contribution is -0.149. The van der Waals surface area contributed by atoms with Gasteiger partial charge in [0, 0.05) is 131 Å². The quantitative estimate of drug-likeness (QED) is 0.0237. The summed E-state index contributed by atoms with van der Waals surface area (Å²) in [7, 11) is 4.78. The number of aliphatic hydroxyl groups excluding tert-OH is 2. The Bertz CT molecular complexity index is 3530. The van der Waals surface area contributed by atoms with Crippen LogP contribution >= 0.6 is 11.3 Å². The van der Waals surface area contributed by atoms with Crippen molar-refractivity contribution in [2.24, 2.45) is 52.6 Å². The van der Waals surface area contributed by atoms with Crippen LogP contribution in [0, 0.1) is 46.8 Å². The van der Waals surface area contributed by atoms with E-state index in [2.05, 4.69) is 36.9 Å². The van der Waals surface area contributed by atoms with Gasteiger partial charge in [0.05, 0.1) is 59.9 Å². The van der Waals surface area contributed by atoms with Gasteiger partial charge in [0.25, 0.3) is 0 Å². The summed E-state index contributed by atoms with van der Waals surface area (Å²) in [6, 6.07) is 12.9. The number of ether oxygens (including phenoxy) is 3. The summed E-state index contributed by atoms with van der Waals surface area (Å²) in [6.45, 7) is 27.0. The van der Waals surface area contributed by atoms with Gasteiger partial charge in [-0.3, -0.25) is 47.9 Å². The second-order valence-corrected chi connectivity index (χ2v) is 34.5. The molecule has 28 heteroatoms. The number of Topliss-reactive ketones (excluding diaryl/α,β-unsaturated/α-hetero) is 5. The van der Waals surface area contributed by atoms with E-state index in [-0.39, 0.29) is 144 Å². The van der Waals surface area contributed by atoms with Crippen LogP contribution in [-0.4, -0.2) is 197 Å². The Hall–Kier alpha value is -7.89. The molecule has 0 radical (unpaired) electrons. The van der Waals surface area contributed by atoms with Crippen molar-refractivity contribution in [3.05, 3.63) is 82.3 Å². The number of nitrogens with one attached hydrogen (secondary N) is 6. The normalized spacial score (nSPS) is 16.4. The van der Waals surface area contributed by atoms with E-state index in [0.717, 1.165) is 10.6 Å². The number of likely N-dealkylation sites (tertiary alicyclic amines) is 1. The molecule has 0 saturated carbocycles. The summed E-state index contributed by atoms with van der Waals surface area (Å²) in [5.74, 6) is -8.21. The summed E-state index contributed by atoms with van der Waals surface area (Å²) in [6.07, 6.45) is 1.15. The molecule has 0 spiro atoms. The predicted molar refractivity (Wildman–Crippen MR) is 438 cm³/mol. The molecule has 3 aromatic rings. The van der Waals surface area contributed by atoms with Gasteiger partial charge in [-0.15, -0.1) is 11.3 Å². The molecule has 0 aliphatic carbocycles. The first-order valence-electron chi connectivity index (χ1n) is 39.8. The van der Waals surface area contributed by atoms with Crippen molar-refractivity contribution in [3.8, 4) is 0 Å². The third-order valence-corrected chi connectivity index (χ3v) is 22.2. The van der Waals surface area contributed by atoms with Crippen LogP contribution in [0.5, 0.6) is 0 Å². The average Bonchev–Trinajstić information content (AvgIpc) is 1.50. The number of alkyl carbamates (subject to hydrolysis) is 1. The van der Waals surface area contributed by atoms with Crippen molar-refractivity contribution >= 4 is 87.6 Å². The van der Waals surface area contributed by atoms with Gasteiger partial charge in [0.15, 0.2) is 23.1 Å². The Balaban J connectivity index is 0.0000331. The van der Waals surface area contributed by atoms with Gasteiger partial charge in [0.1, 0.15) is 18.5 Å². The molecule has 113 heavy (non-hydrogen) atoms. The third kappa shape index (κ3) is 32.7.